The van der Waals surface area contributed by atoms with E-state index in [9.17, 15) is 4.79 Å². The zero-order valence-electron chi connectivity index (χ0n) is 15.5. The summed E-state index contributed by atoms with van der Waals surface area (Å²) >= 11 is 0. The maximum absolute atomic E-state index is 12.6. The van der Waals surface area contributed by atoms with Crippen LogP contribution in [0.4, 0.5) is 0 Å². The van der Waals surface area contributed by atoms with Crippen molar-refractivity contribution in [2.24, 2.45) is 0 Å². The first-order chi connectivity index (χ1) is 12.7. The van der Waals surface area contributed by atoms with Crippen LogP contribution in [0.25, 0.3) is 10.9 Å². The van der Waals surface area contributed by atoms with Gasteiger partial charge in [0.2, 0.25) is 5.91 Å². The Morgan fingerprint density at radius 3 is 2.62 bits per heavy atom. The van der Waals surface area contributed by atoms with Crippen molar-refractivity contribution in [1.29, 1.82) is 0 Å². The van der Waals surface area contributed by atoms with E-state index in [1.54, 1.807) is 7.11 Å². The molecule has 0 radical (unpaired) electrons. The second-order valence-electron chi connectivity index (χ2n) is 6.47. The normalized spacial score (nSPS) is 10.8. The Bertz CT molecular complexity index is 852. The maximum atomic E-state index is 12.6. The number of aromatic nitrogens is 1. The molecular weight excluding hydrogens is 324 g/mol. The molecule has 26 heavy (non-hydrogen) atoms. The van der Waals surface area contributed by atoms with Gasteiger partial charge in [-0.25, -0.2) is 0 Å². The molecule has 0 saturated heterocycles. The molecule has 0 saturated carbocycles. The molecule has 1 amide bonds. The highest BCUT2D eigenvalue weighted by Gasteiger charge is 2.12. The highest BCUT2D eigenvalue weighted by Crippen LogP contribution is 2.20. The van der Waals surface area contributed by atoms with Crippen LogP contribution < -0.4 is 4.74 Å². The van der Waals surface area contributed by atoms with E-state index in [1.165, 1.54) is 10.9 Å². The van der Waals surface area contributed by atoms with E-state index in [2.05, 4.69) is 29.4 Å². The van der Waals surface area contributed by atoms with E-state index in [4.69, 9.17) is 4.74 Å². The van der Waals surface area contributed by atoms with Gasteiger partial charge in [0, 0.05) is 36.6 Å². The van der Waals surface area contributed by atoms with Crippen LogP contribution in [0.3, 0.4) is 0 Å². The summed E-state index contributed by atoms with van der Waals surface area (Å²) in [6.45, 7) is 3.39. The van der Waals surface area contributed by atoms with Crippen molar-refractivity contribution >= 4 is 16.8 Å². The molecule has 2 aromatic carbocycles. The molecule has 0 aliphatic carbocycles. The Balaban J connectivity index is 1.53. The number of para-hydroxylation sites is 1. The van der Waals surface area contributed by atoms with Gasteiger partial charge < -0.3 is 14.6 Å². The number of aromatic amines is 1. The number of carbonyl (C=O) groups excluding carboxylic acids is 1. The van der Waals surface area contributed by atoms with Crippen LogP contribution >= 0.6 is 0 Å². The van der Waals surface area contributed by atoms with Crippen LogP contribution in [0.1, 0.15) is 30.9 Å². The second kappa shape index (κ2) is 8.56. The molecule has 0 aliphatic heterocycles. The summed E-state index contributed by atoms with van der Waals surface area (Å²) in [7, 11) is 1.66. The summed E-state index contributed by atoms with van der Waals surface area (Å²) in [5.41, 5.74) is 3.56. The van der Waals surface area contributed by atoms with Crippen molar-refractivity contribution in [3.63, 3.8) is 0 Å². The van der Waals surface area contributed by atoms with Gasteiger partial charge in [-0.2, -0.15) is 0 Å². The molecule has 0 unspecified atom stereocenters. The highest BCUT2D eigenvalue weighted by atomic mass is 16.5. The van der Waals surface area contributed by atoms with E-state index in [-0.39, 0.29) is 5.91 Å². The molecule has 0 spiro atoms. The van der Waals surface area contributed by atoms with Gasteiger partial charge in [-0.05, 0) is 49.1 Å². The number of ether oxygens (including phenoxy) is 1. The smallest absolute Gasteiger partial charge is 0.222 e. The minimum atomic E-state index is 0.211. The molecule has 1 N–H and O–H groups in total. The average Bonchev–Trinajstić information content (AvgIpc) is 3.09. The predicted molar refractivity (Wildman–Crippen MR) is 105 cm³/mol. The third-order valence-electron chi connectivity index (χ3n) is 4.78. The van der Waals surface area contributed by atoms with Gasteiger partial charge in [0.25, 0.3) is 0 Å². The highest BCUT2D eigenvalue weighted by molar-refractivity contribution is 5.83. The van der Waals surface area contributed by atoms with Gasteiger partial charge in [-0.15, -0.1) is 0 Å². The summed E-state index contributed by atoms with van der Waals surface area (Å²) in [6, 6.07) is 16.2. The fourth-order valence-corrected chi connectivity index (χ4v) is 3.25. The monoisotopic (exact) mass is 350 g/mol. The minimum absolute atomic E-state index is 0.211. The van der Waals surface area contributed by atoms with Crippen molar-refractivity contribution < 1.29 is 9.53 Å². The van der Waals surface area contributed by atoms with E-state index >= 15 is 0 Å². The molecule has 4 nitrogen and oxygen atoms in total. The molecular formula is C22H26N2O2. The Morgan fingerprint density at radius 2 is 1.88 bits per heavy atom. The number of nitrogens with one attached hydrogen (secondary N) is 1. The van der Waals surface area contributed by atoms with E-state index in [0.29, 0.717) is 13.0 Å². The van der Waals surface area contributed by atoms with Crippen LogP contribution in [-0.2, 0) is 17.8 Å². The number of nitrogens with zero attached hydrogens (tertiary/aromatic N) is 1. The first-order valence-electron chi connectivity index (χ1n) is 9.17. The molecule has 0 fully saturated rings. The minimum Gasteiger partial charge on any atom is -0.497 e. The van der Waals surface area contributed by atoms with Gasteiger partial charge in [0.1, 0.15) is 5.75 Å². The summed E-state index contributed by atoms with van der Waals surface area (Å²) in [4.78, 5) is 17.8. The molecule has 3 aromatic rings. The molecule has 4 heteroatoms. The fraction of sp³-hybridized carbons (Fsp3) is 0.318. The van der Waals surface area contributed by atoms with Crippen LogP contribution in [-0.4, -0.2) is 29.4 Å². The third kappa shape index (κ3) is 4.26. The number of methoxy groups -OCH3 is 1. The lowest BCUT2D eigenvalue weighted by Gasteiger charge is -2.21. The molecule has 1 aromatic heterocycles. The molecule has 1 heterocycles. The van der Waals surface area contributed by atoms with Crippen LogP contribution in [0.5, 0.6) is 5.75 Å². The maximum Gasteiger partial charge on any atom is 0.222 e. The Kier molecular flexibility index (Phi) is 5.95. The zero-order valence-corrected chi connectivity index (χ0v) is 15.5. The van der Waals surface area contributed by atoms with Gasteiger partial charge in [0.15, 0.2) is 0 Å². The molecule has 0 aliphatic rings. The Morgan fingerprint density at radius 1 is 1.12 bits per heavy atom. The largest absolute Gasteiger partial charge is 0.497 e. The lowest BCUT2D eigenvalue weighted by Crippen LogP contribution is -2.30. The number of amides is 1. The first-order valence-corrected chi connectivity index (χ1v) is 9.17. The van der Waals surface area contributed by atoms with E-state index in [0.717, 1.165) is 36.2 Å². The van der Waals surface area contributed by atoms with Crippen LogP contribution in [0, 0.1) is 0 Å². The number of aryl methyl sites for hydroxylation is 1. The van der Waals surface area contributed by atoms with Crippen LogP contribution in [0.15, 0.2) is 54.7 Å². The number of benzene rings is 2. The van der Waals surface area contributed by atoms with Crippen molar-refractivity contribution in [2.75, 3.05) is 13.7 Å². The third-order valence-corrected chi connectivity index (χ3v) is 4.78. The van der Waals surface area contributed by atoms with Crippen molar-refractivity contribution in [2.45, 2.75) is 32.7 Å². The zero-order chi connectivity index (χ0) is 18.4. The summed E-state index contributed by atoms with van der Waals surface area (Å²) in [5, 5.41) is 1.26. The van der Waals surface area contributed by atoms with Crippen LogP contribution in [0.2, 0.25) is 0 Å². The van der Waals surface area contributed by atoms with Gasteiger partial charge in [-0.1, -0.05) is 30.3 Å². The number of hydrogen-bond donors (Lipinski definition) is 1. The summed E-state index contributed by atoms with van der Waals surface area (Å²) in [5.74, 6) is 1.05. The summed E-state index contributed by atoms with van der Waals surface area (Å²) in [6.07, 6.45) is 4.41. The topological polar surface area (TPSA) is 45.3 Å². The first kappa shape index (κ1) is 18.1. The van der Waals surface area contributed by atoms with Crippen molar-refractivity contribution in [3.8, 4) is 5.75 Å². The number of H-pyrrole nitrogens is 1. The van der Waals surface area contributed by atoms with Gasteiger partial charge >= 0.3 is 0 Å². The standard InChI is InChI=1S/C22H26N2O2/c1-3-24(16-17-11-13-19(26-2)14-12-17)22(25)10-6-7-18-15-23-21-9-5-4-8-20(18)21/h4-5,8-9,11-15,23H,3,6-7,10,16H2,1-2H3. The lowest BCUT2D eigenvalue weighted by molar-refractivity contribution is -0.131. The molecule has 136 valence electrons. The van der Waals surface area contributed by atoms with E-state index in [1.807, 2.05) is 42.2 Å². The molecule has 0 atom stereocenters. The number of fused-ring (bicyclic) bond motifs is 1. The Hall–Kier alpha value is -2.75. The van der Waals surface area contributed by atoms with Crippen molar-refractivity contribution in [1.82, 2.24) is 9.88 Å². The number of hydrogen-bond acceptors (Lipinski definition) is 2. The molecule has 0 bridgehead atoms. The number of rotatable bonds is 8. The van der Waals surface area contributed by atoms with Crippen molar-refractivity contribution in [3.05, 3.63) is 65.9 Å². The summed E-state index contributed by atoms with van der Waals surface area (Å²) < 4.78 is 5.18. The fourth-order valence-electron chi connectivity index (χ4n) is 3.25. The number of carbonyl (C=O) groups is 1. The second-order valence-corrected chi connectivity index (χ2v) is 6.47. The quantitative estimate of drug-likeness (QED) is 0.648. The van der Waals surface area contributed by atoms with E-state index < -0.39 is 0 Å². The molecule has 3 rings (SSSR count). The van der Waals surface area contributed by atoms with Gasteiger partial charge in [-0.3, -0.25) is 4.79 Å². The van der Waals surface area contributed by atoms with Gasteiger partial charge in [0.05, 0.1) is 7.11 Å². The predicted octanol–water partition coefficient (Wildman–Crippen LogP) is 4.55. The lowest BCUT2D eigenvalue weighted by atomic mass is 10.1. The average molecular weight is 350 g/mol. The SMILES string of the molecule is CCN(Cc1ccc(OC)cc1)C(=O)CCCc1c[nH]c2ccccc12. The Labute approximate surface area is 154 Å².